The maximum Gasteiger partial charge on any atom is 0.302 e. The van der Waals surface area contributed by atoms with Crippen molar-refractivity contribution in [1.29, 1.82) is 0 Å². The zero-order chi connectivity index (χ0) is 20.0. The largest absolute Gasteiger partial charge is 0.463 e. The monoisotopic (exact) mass is 380 g/mol. The molecule has 2 fully saturated rings. The van der Waals surface area contributed by atoms with Crippen molar-refractivity contribution in [2.45, 2.75) is 78.4 Å². The Kier molecular flexibility index (Phi) is 5.52. The minimum atomic E-state index is -0.708. The van der Waals surface area contributed by atoms with Crippen molar-refractivity contribution >= 4 is 5.97 Å². The molecule has 0 amide bonds. The van der Waals surface area contributed by atoms with E-state index < -0.39 is 11.5 Å². The molecular weight excluding hydrogens is 344 g/mol. The zero-order valence-electron chi connectivity index (χ0n) is 17.2. The Morgan fingerprint density at radius 3 is 2.63 bits per heavy atom. The number of esters is 1. The van der Waals surface area contributed by atoms with Crippen LogP contribution in [0.3, 0.4) is 0 Å². The lowest BCUT2D eigenvalue weighted by atomic mass is 9.44. The summed E-state index contributed by atoms with van der Waals surface area (Å²) in [5.74, 6) is 0.411. The van der Waals surface area contributed by atoms with Crippen LogP contribution in [-0.4, -0.2) is 46.7 Å². The first-order valence-corrected chi connectivity index (χ1v) is 10.4. The van der Waals surface area contributed by atoms with Gasteiger partial charge in [0.1, 0.15) is 6.61 Å². The van der Waals surface area contributed by atoms with Crippen LogP contribution in [0, 0.1) is 28.1 Å². The van der Waals surface area contributed by atoms with Gasteiger partial charge in [-0.3, -0.25) is 4.79 Å². The molecule has 0 aromatic heterocycles. The van der Waals surface area contributed by atoms with E-state index in [1.165, 1.54) is 12.5 Å². The Morgan fingerprint density at radius 1 is 1.30 bits per heavy atom. The minimum Gasteiger partial charge on any atom is -0.463 e. The fourth-order valence-corrected chi connectivity index (χ4v) is 6.63. The maximum atomic E-state index is 11.1. The van der Waals surface area contributed by atoms with E-state index in [9.17, 15) is 20.1 Å². The number of carbonyl (C=O) groups is 1. The van der Waals surface area contributed by atoms with E-state index in [1.807, 2.05) is 6.92 Å². The molecule has 3 N–H and O–H groups in total. The summed E-state index contributed by atoms with van der Waals surface area (Å²) in [5, 5.41) is 31.3. The smallest absolute Gasteiger partial charge is 0.302 e. The van der Waals surface area contributed by atoms with Crippen LogP contribution in [-0.2, 0) is 9.53 Å². The Hall–Kier alpha value is -0.910. The molecule has 5 heteroatoms. The Morgan fingerprint density at radius 2 is 2.00 bits per heavy atom. The van der Waals surface area contributed by atoms with Gasteiger partial charge in [0.15, 0.2) is 0 Å². The molecule has 3 aliphatic carbocycles. The van der Waals surface area contributed by atoms with Crippen LogP contribution >= 0.6 is 0 Å². The number of hydrogen-bond donors (Lipinski definition) is 3. The fraction of sp³-hybridized carbons (Fsp3) is 0.864. The van der Waals surface area contributed by atoms with Gasteiger partial charge in [0.2, 0.25) is 0 Å². The SMILES string of the molecule is CC(=O)OC[C@H](O)[C@]1(C)C=C2CC[C@@H]3[C@](C)(CO)C[C@@H](O)C[C@@]3(C)[C@@H]2CC1. The van der Waals surface area contributed by atoms with E-state index >= 15 is 0 Å². The van der Waals surface area contributed by atoms with Crippen molar-refractivity contribution in [3.05, 3.63) is 11.6 Å². The third-order valence-electron chi connectivity index (χ3n) is 8.03. The molecule has 3 rings (SSSR count). The number of hydrogen-bond acceptors (Lipinski definition) is 5. The van der Waals surface area contributed by atoms with Crippen molar-refractivity contribution in [3.8, 4) is 0 Å². The Labute approximate surface area is 162 Å². The average molecular weight is 381 g/mol. The molecular formula is C22H36O5. The number of aliphatic hydroxyl groups excluding tert-OH is 3. The molecule has 0 bridgehead atoms. The Bertz CT molecular complexity index is 616. The third kappa shape index (κ3) is 3.58. The lowest BCUT2D eigenvalue weighted by Crippen LogP contribution is -2.56. The summed E-state index contributed by atoms with van der Waals surface area (Å²) in [6.45, 7) is 7.98. The molecule has 7 atom stereocenters. The number of rotatable bonds is 4. The van der Waals surface area contributed by atoms with Gasteiger partial charge in [-0.1, -0.05) is 32.4 Å². The summed E-state index contributed by atoms with van der Waals surface area (Å²) < 4.78 is 5.04. The van der Waals surface area contributed by atoms with Gasteiger partial charge < -0.3 is 20.1 Å². The third-order valence-corrected chi connectivity index (χ3v) is 8.03. The summed E-state index contributed by atoms with van der Waals surface area (Å²) in [6.07, 6.45) is 6.39. The van der Waals surface area contributed by atoms with Crippen LogP contribution in [0.2, 0.25) is 0 Å². The topological polar surface area (TPSA) is 87.0 Å². The second-order valence-electron chi connectivity index (χ2n) is 10.1. The highest BCUT2D eigenvalue weighted by Crippen LogP contribution is 2.63. The van der Waals surface area contributed by atoms with Crippen molar-refractivity contribution < 1.29 is 24.9 Å². The van der Waals surface area contributed by atoms with Crippen LogP contribution in [0.1, 0.15) is 66.2 Å². The molecule has 0 heterocycles. The molecule has 2 saturated carbocycles. The standard InChI is InChI=1S/C22H36O5/c1-14(24)27-12-19(26)20(2)8-7-17-15(9-20)5-6-18-21(3,13-23)10-16(25)11-22(17,18)4/h9,16-19,23,25-26H,5-8,10-13H2,1-4H3/t16-,17-,18-,19+,20+,21+,22+/m1/s1. The van der Waals surface area contributed by atoms with Gasteiger partial charge in [0, 0.05) is 18.9 Å². The van der Waals surface area contributed by atoms with Crippen molar-refractivity contribution in [3.63, 3.8) is 0 Å². The molecule has 0 aromatic rings. The molecule has 0 saturated heterocycles. The van der Waals surface area contributed by atoms with E-state index in [4.69, 9.17) is 4.74 Å². The number of allylic oxidation sites excluding steroid dienone is 1. The van der Waals surface area contributed by atoms with Crippen molar-refractivity contribution in [1.82, 2.24) is 0 Å². The predicted molar refractivity (Wildman–Crippen MR) is 103 cm³/mol. The molecule has 154 valence electrons. The first-order valence-electron chi connectivity index (χ1n) is 10.4. The van der Waals surface area contributed by atoms with Crippen LogP contribution in [0.4, 0.5) is 0 Å². The summed E-state index contributed by atoms with van der Waals surface area (Å²) in [6, 6.07) is 0. The second-order valence-corrected chi connectivity index (χ2v) is 10.1. The second kappa shape index (κ2) is 7.16. The highest BCUT2D eigenvalue weighted by Gasteiger charge is 2.58. The molecule has 5 nitrogen and oxygen atoms in total. The lowest BCUT2D eigenvalue weighted by Gasteiger charge is -2.61. The van der Waals surface area contributed by atoms with Gasteiger partial charge in [-0.25, -0.2) is 0 Å². The molecule has 0 aromatic carbocycles. The van der Waals surface area contributed by atoms with Gasteiger partial charge in [-0.05, 0) is 61.2 Å². The van der Waals surface area contributed by atoms with Gasteiger partial charge in [0.25, 0.3) is 0 Å². The number of fused-ring (bicyclic) bond motifs is 3. The van der Waals surface area contributed by atoms with Gasteiger partial charge in [-0.2, -0.15) is 0 Å². The molecule has 3 aliphatic rings. The summed E-state index contributed by atoms with van der Waals surface area (Å²) in [4.78, 5) is 11.1. The van der Waals surface area contributed by atoms with E-state index in [0.717, 1.165) is 32.1 Å². The molecule has 0 unspecified atom stereocenters. The number of ether oxygens (including phenoxy) is 1. The van der Waals surface area contributed by atoms with E-state index in [1.54, 1.807) is 0 Å². The molecule has 0 radical (unpaired) electrons. The quantitative estimate of drug-likeness (QED) is 0.516. The lowest BCUT2D eigenvalue weighted by molar-refractivity contribution is -0.147. The Balaban J connectivity index is 1.86. The first kappa shape index (κ1) is 20.8. The van der Waals surface area contributed by atoms with Gasteiger partial charge >= 0.3 is 5.97 Å². The van der Waals surface area contributed by atoms with E-state index in [-0.39, 0.29) is 36.1 Å². The molecule has 0 spiro atoms. The van der Waals surface area contributed by atoms with Gasteiger partial charge in [0.05, 0.1) is 12.2 Å². The maximum absolute atomic E-state index is 11.1. The van der Waals surface area contributed by atoms with E-state index in [0.29, 0.717) is 18.3 Å². The van der Waals surface area contributed by atoms with Crippen LogP contribution in [0.5, 0.6) is 0 Å². The zero-order valence-corrected chi connectivity index (χ0v) is 17.2. The molecule has 27 heavy (non-hydrogen) atoms. The minimum absolute atomic E-state index is 0.0264. The van der Waals surface area contributed by atoms with Crippen LogP contribution < -0.4 is 0 Å². The summed E-state index contributed by atoms with van der Waals surface area (Å²) in [7, 11) is 0. The highest BCUT2D eigenvalue weighted by molar-refractivity contribution is 5.65. The first-order chi connectivity index (χ1) is 12.5. The highest BCUT2D eigenvalue weighted by atomic mass is 16.5. The average Bonchev–Trinajstić information content (AvgIpc) is 2.58. The predicted octanol–water partition coefficient (Wildman–Crippen LogP) is 2.82. The number of aliphatic hydroxyl groups is 3. The van der Waals surface area contributed by atoms with Crippen molar-refractivity contribution in [2.24, 2.45) is 28.1 Å². The molecule has 0 aliphatic heterocycles. The summed E-state index contributed by atoms with van der Waals surface area (Å²) >= 11 is 0. The summed E-state index contributed by atoms with van der Waals surface area (Å²) in [5.41, 5.74) is 0.728. The fourth-order valence-electron chi connectivity index (χ4n) is 6.63. The van der Waals surface area contributed by atoms with E-state index in [2.05, 4.69) is 19.9 Å². The van der Waals surface area contributed by atoms with Crippen molar-refractivity contribution in [2.75, 3.05) is 13.2 Å². The van der Waals surface area contributed by atoms with Crippen LogP contribution in [0.15, 0.2) is 11.6 Å². The normalized spacial score (nSPS) is 45.3. The van der Waals surface area contributed by atoms with Gasteiger partial charge in [-0.15, -0.1) is 0 Å². The van der Waals surface area contributed by atoms with Crippen LogP contribution in [0.25, 0.3) is 0 Å². The number of carbonyl (C=O) groups excluding carboxylic acids is 1.